The minimum absolute atomic E-state index is 0.0935. The lowest BCUT2D eigenvalue weighted by molar-refractivity contribution is -0.136. The third-order valence-corrected chi connectivity index (χ3v) is 4.83. The lowest BCUT2D eigenvalue weighted by Gasteiger charge is -2.37. The van der Waals surface area contributed by atoms with Crippen molar-refractivity contribution in [2.75, 3.05) is 13.2 Å². The van der Waals surface area contributed by atoms with Gasteiger partial charge in [0.1, 0.15) is 11.8 Å². The Kier molecular flexibility index (Phi) is 4.63. The molecule has 5 heteroatoms. The number of rotatable bonds is 4. The number of amides is 1. The number of ether oxygens (including phenoxy) is 1. The number of nitriles is 1. The first-order valence-corrected chi connectivity index (χ1v) is 8.89. The average molecular weight is 357 g/mol. The van der Waals surface area contributed by atoms with E-state index in [-0.39, 0.29) is 18.6 Å². The van der Waals surface area contributed by atoms with Crippen LogP contribution in [0.25, 0.3) is 0 Å². The van der Waals surface area contributed by atoms with Crippen LogP contribution in [0.1, 0.15) is 22.9 Å². The Morgan fingerprint density at radius 3 is 2.63 bits per heavy atom. The Labute approximate surface area is 158 Å². The highest BCUT2D eigenvalue weighted by atomic mass is 16.5. The van der Waals surface area contributed by atoms with Crippen molar-refractivity contribution in [2.24, 2.45) is 0 Å². The van der Waals surface area contributed by atoms with Crippen LogP contribution < -0.4 is 4.74 Å². The summed E-state index contributed by atoms with van der Waals surface area (Å²) in [6.45, 7) is 1.28. The van der Waals surface area contributed by atoms with Crippen LogP contribution in [0.4, 0.5) is 0 Å². The van der Waals surface area contributed by atoms with E-state index in [1.54, 1.807) is 24.3 Å². The number of carbonyl (C=O) groups excluding carboxylic acids is 1. The number of carbonyl (C=O) groups is 1. The molecule has 0 radical (unpaired) electrons. The third-order valence-electron chi connectivity index (χ3n) is 4.83. The molecule has 4 rings (SSSR count). The second kappa shape index (κ2) is 7.38. The lowest BCUT2D eigenvalue weighted by atomic mass is 10.00. The summed E-state index contributed by atoms with van der Waals surface area (Å²) < 4.78 is 7.86. The molecule has 3 aromatic rings. The predicted molar refractivity (Wildman–Crippen MR) is 101 cm³/mol. The van der Waals surface area contributed by atoms with Gasteiger partial charge < -0.3 is 14.2 Å². The van der Waals surface area contributed by atoms with Crippen LogP contribution >= 0.6 is 0 Å². The molecular weight excluding hydrogens is 338 g/mol. The summed E-state index contributed by atoms with van der Waals surface area (Å²) >= 11 is 0. The Morgan fingerprint density at radius 2 is 1.81 bits per heavy atom. The van der Waals surface area contributed by atoms with E-state index in [9.17, 15) is 10.1 Å². The Bertz CT molecular complexity index is 988. The molecule has 1 atom stereocenters. The number of nitrogens with zero attached hydrogens (tertiary/aromatic N) is 3. The Hall–Kier alpha value is -3.52. The van der Waals surface area contributed by atoms with E-state index < -0.39 is 0 Å². The third kappa shape index (κ3) is 3.30. The van der Waals surface area contributed by atoms with Gasteiger partial charge in [0.15, 0.2) is 6.61 Å². The topological polar surface area (TPSA) is 58.3 Å². The van der Waals surface area contributed by atoms with Gasteiger partial charge in [-0.15, -0.1) is 0 Å². The normalized spacial score (nSPS) is 15.7. The van der Waals surface area contributed by atoms with Crippen molar-refractivity contribution in [3.63, 3.8) is 0 Å². The van der Waals surface area contributed by atoms with Crippen LogP contribution in [-0.4, -0.2) is 28.5 Å². The van der Waals surface area contributed by atoms with Crippen LogP contribution in [0.5, 0.6) is 5.75 Å². The van der Waals surface area contributed by atoms with E-state index in [1.807, 2.05) is 47.5 Å². The van der Waals surface area contributed by atoms with Gasteiger partial charge in [0.2, 0.25) is 0 Å². The molecular formula is C22H19N3O2. The molecule has 1 aromatic heterocycles. The standard InChI is InChI=1S/C22H19N3O2/c23-15-18-9-4-5-11-20(18)27-16-21(26)25-14-13-24-12-6-10-19(24)22(25)17-7-2-1-3-8-17/h1-12,22H,13-14,16H2. The fraction of sp³-hybridized carbons (Fsp3) is 0.182. The van der Waals surface area contributed by atoms with Crippen molar-refractivity contribution >= 4 is 5.91 Å². The van der Waals surface area contributed by atoms with E-state index in [1.165, 1.54) is 0 Å². The average Bonchev–Trinajstić information content (AvgIpc) is 3.21. The number of hydrogen-bond donors (Lipinski definition) is 0. The maximum atomic E-state index is 13.0. The molecule has 1 amide bonds. The highest BCUT2D eigenvalue weighted by molar-refractivity contribution is 5.79. The number of fused-ring (bicyclic) bond motifs is 1. The summed E-state index contributed by atoms with van der Waals surface area (Å²) in [6.07, 6.45) is 2.05. The molecule has 0 fully saturated rings. The van der Waals surface area contributed by atoms with Crippen LogP contribution in [-0.2, 0) is 11.3 Å². The van der Waals surface area contributed by atoms with E-state index in [0.717, 1.165) is 17.8 Å². The Balaban J connectivity index is 1.58. The molecule has 0 N–H and O–H groups in total. The zero-order valence-electron chi connectivity index (χ0n) is 14.8. The van der Waals surface area contributed by atoms with Crippen molar-refractivity contribution in [3.8, 4) is 11.8 Å². The van der Waals surface area contributed by atoms with Gasteiger partial charge in [-0.05, 0) is 29.8 Å². The molecule has 0 aliphatic carbocycles. The minimum atomic E-state index is -0.141. The number of hydrogen-bond acceptors (Lipinski definition) is 3. The summed E-state index contributed by atoms with van der Waals surface area (Å²) in [5.74, 6) is 0.342. The molecule has 0 saturated heterocycles. The maximum Gasteiger partial charge on any atom is 0.261 e. The van der Waals surface area contributed by atoms with Crippen molar-refractivity contribution < 1.29 is 9.53 Å². The van der Waals surface area contributed by atoms with Gasteiger partial charge in [0.25, 0.3) is 5.91 Å². The summed E-state index contributed by atoms with van der Waals surface area (Å²) in [5, 5.41) is 9.18. The van der Waals surface area contributed by atoms with E-state index in [0.29, 0.717) is 17.9 Å². The van der Waals surface area contributed by atoms with Gasteiger partial charge in [-0.2, -0.15) is 5.26 Å². The number of benzene rings is 2. The largest absolute Gasteiger partial charge is 0.482 e. The molecule has 5 nitrogen and oxygen atoms in total. The van der Waals surface area contributed by atoms with Crippen LogP contribution in [0, 0.1) is 11.3 Å². The summed E-state index contributed by atoms with van der Waals surface area (Å²) in [7, 11) is 0. The first-order chi connectivity index (χ1) is 13.3. The molecule has 0 bridgehead atoms. The second-order valence-electron chi connectivity index (χ2n) is 6.42. The highest BCUT2D eigenvalue weighted by Gasteiger charge is 2.32. The molecule has 0 saturated carbocycles. The van der Waals surface area contributed by atoms with Crippen LogP contribution in [0.15, 0.2) is 72.9 Å². The fourth-order valence-electron chi connectivity index (χ4n) is 3.55. The molecule has 1 aliphatic rings. The van der Waals surface area contributed by atoms with Gasteiger partial charge in [-0.3, -0.25) is 4.79 Å². The number of para-hydroxylation sites is 1. The Morgan fingerprint density at radius 1 is 1.04 bits per heavy atom. The monoisotopic (exact) mass is 357 g/mol. The number of aromatic nitrogens is 1. The zero-order chi connectivity index (χ0) is 18.6. The van der Waals surface area contributed by atoms with Crippen molar-refractivity contribution in [3.05, 3.63) is 89.7 Å². The highest BCUT2D eigenvalue weighted by Crippen LogP contribution is 2.32. The fourth-order valence-corrected chi connectivity index (χ4v) is 3.55. The summed E-state index contributed by atoms with van der Waals surface area (Å²) in [5.41, 5.74) is 2.60. The molecule has 27 heavy (non-hydrogen) atoms. The van der Waals surface area contributed by atoms with Crippen LogP contribution in [0.2, 0.25) is 0 Å². The van der Waals surface area contributed by atoms with E-state index in [4.69, 9.17) is 4.74 Å². The van der Waals surface area contributed by atoms with Gasteiger partial charge in [0, 0.05) is 25.0 Å². The van der Waals surface area contributed by atoms with E-state index in [2.05, 4.69) is 16.7 Å². The SMILES string of the molecule is N#Cc1ccccc1OCC(=O)N1CCn2cccc2C1c1ccccc1. The molecule has 1 unspecified atom stereocenters. The molecule has 2 heterocycles. The van der Waals surface area contributed by atoms with Crippen molar-refractivity contribution in [1.82, 2.24) is 9.47 Å². The molecule has 0 spiro atoms. The minimum Gasteiger partial charge on any atom is -0.482 e. The quantitative estimate of drug-likeness (QED) is 0.719. The molecule has 1 aliphatic heterocycles. The van der Waals surface area contributed by atoms with Crippen molar-refractivity contribution in [1.29, 1.82) is 5.26 Å². The predicted octanol–water partition coefficient (Wildman–Crippen LogP) is 3.37. The first-order valence-electron chi connectivity index (χ1n) is 8.89. The molecule has 2 aromatic carbocycles. The van der Waals surface area contributed by atoms with Crippen LogP contribution in [0.3, 0.4) is 0 Å². The summed E-state index contributed by atoms with van der Waals surface area (Å²) in [4.78, 5) is 14.9. The smallest absolute Gasteiger partial charge is 0.261 e. The van der Waals surface area contributed by atoms with E-state index >= 15 is 0 Å². The zero-order valence-corrected chi connectivity index (χ0v) is 14.8. The summed E-state index contributed by atoms with van der Waals surface area (Å²) in [6, 6.07) is 23.0. The van der Waals surface area contributed by atoms with Gasteiger partial charge >= 0.3 is 0 Å². The van der Waals surface area contributed by atoms with Gasteiger partial charge in [0.05, 0.1) is 11.6 Å². The maximum absolute atomic E-state index is 13.0. The molecule has 134 valence electrons. The van der Waals surface area contributed by atoms with Crippen molar-refractivity contribution in [2.45, 2.75) is 12.6 Å². The lowest BCUT2D eigenvalue weighted by Crippen LogP contribution is -2.44. The van der Waals surface area contributed by atoms with Gasteiger partial charge in [-0.25, -0.2) is 0 Å². The second-order valence-corrected chi connectivity index (χ2v) is 6.42. The first kappa shape index (κ1) is 16.9. The van der Waals surface area contributed by atoms with Gasteiger partial charge in [-0.1, -0.05) is 42.5 Å².